The van der Waals surface area contributed by atoms with Gasteiger partial charge in [0.2, 0.25) is 0 Å². The second-order valence-corrected chi connectivity index (χ2v) is 6.48. The minimum atomic E-state index is -1.66. The summed E-state index contributed by atoms with van der Waals surface area (Å²) in [4.78, 5) is 0. The first kappa shape index (κ1) is 17.8. The number of ether oxygens (including phenoxy) is 1. The first-order valence-electron chi connectivity index (χ1n) is 8.63. The first-order chi connectivity index (χ1) is 12.0. The molecule has 0 saturated heterocycles. The number of hydrogen-bond donors (Lipinski definition) is 0. The minimum absolute atomic E-state index is 0.00244. The van der Waals surface area contributed by atoms with Crippen LogP contribution in [0.25, 0.3) is 16.3 Å². The van der Waals surface area contributed by atoms with E-state index in [2.05, 4.69) is 6.92 Å². The van der Waals surface area contributed by atoms with Crippen molar-refractivity contribution in [2.45, 2.75) is 51.6 Å². The highest BCUT2D eigenvalue weighted by Gasteiger charge is 2.20. The second kappa shape index (κ2) is 7.46. The van der Waals surface area contributed by atoms with E-state index >= 15 is 0 Å². The van der Waals surface area contributed by atoms with Crippen molar-refractivity contribution in [3.63, 3.8) is 0 Å². The van der Waals surface area contributed by atoms with Gasteiger partial charge in [-0.15, -0.1) is 0 Å². The summed E-state index contributed by atoms with van der Waals surface area (Å²) in [5, 5.41) is -0.533. The van der Waals surface area contributed by atoms with Crippen molar-refractivity contribution < 1.29 is 22.3 Å². The summed E-state index contributed by atoms with van der Waals surface area (Å²) in [5.41, 5.74) is 1.28. The van der Waals surface area contributed by atoms with Crippen LogP contribution in [0.15, 0.2) is 24.5 Å². The van der Waals surface area contributed by atoms with E-state index in [9.17, 15) is 17.6 Å². The predicted octanol–water partition coefficient (Wildman–Crippen LogP) is 6.50. The Balaban J connectivity index is 1.86. The molecule has 0 radical (unpaired) electrons. The molecular formula is C20H20F4O. The molecular weight excluding hydrogens is 332 g/mol. The Kier molecular flexibility index (Phi) is 5.30. The van der Waals surface area contributed by atoms with Crippen molar-refractivity contribution in [1.29, 1.82) is 0 Å². The van der Waals surface area contributed by atoms with E-state index in [1.54, 1.807) is 6.26 Å². The fraction of sp³-hybridized carbons (Fsp3) is 0.400. The fourth-order valence-corrected chi connectivity index (χ4v) is 3.24. The minimum Gasteiger partial charge on any atom is -0.498 e. The molecule has 0 fully saturated rings. The van der Waals surface area contributed by atoms with Crippen LogP contribution >= 0.6 is 0 Å². The predicted molar refractivity (Wildman–Crippen MR) is 90.0 cm³/mol. The number of benzene rings is 2. The average molecular weight is 352 g/mol. The largest absolute Gasteiger partial charge is 0.498 e. The molecule has 1 aliphatic rings. The van der Waals surface area contributed by atoms with Crippen molar-refractivity contribution in [2.24, 2.45) is 0 Å². The van der Waals surface area contributed by atoms with Crippen LogP contribution in [0.3, 0.4) is 0 Å². The van der Waals surface area contributed by atoms with Gasteiger partial charge >= 0.3 is 0 Å². The maximum atomic E-state index is 14.3. The van der Waals surface area contributed by atoms with Crippen LogP contribution in [-0.4, -0.2) is 6.10 Å². The van der Waals surface area contributed by atoms with Crippen molar-refractivity contribution in [2.75, 3.05) is 0 Å². The van der Waals surface area contributed by atoms with Gasteiger partial charge in [-0.05, 0) is 60.4 Å². The van der Waals surface area contributed by atoms with Crippen LogP contribution < -0.4 is 0 Å². The molecule has 2 aromatic carbocycles. The van der Waals surface area contributed by atoms with Gasteiger partial charge in [0.1, 0.15) is 5.82 Å². The molecule has 25 heavy (non-hydrogen) atoms. The molecule has 0 amide bonds. The number of unbranched alkanes of at least 4 members (excludes halogenated alkanes) is 2. The molecule has 134 valence electrons. The van der Waals surface area contributed by atoms with Crippen LogP contribution in [0.5, 0.6) is 0 Å². The maximum Gasteiger partial charge on any atom is 0.195 e. The van der Waals surface area contributed by atoms with Crippen LogP contribution in [0.4, 0.5) is 17.6 Å². The smallest absolute Gasteiger partial charge is 0.195 e. The van der Waals surface area contributed by atoms with E-state index in [1.165, 1.54) is 12.5 Å². The molecule has 1 unspecified atom stereocenters. The van der Waals surface area contributed by atoms with Gasteiger partial charge in [0, 0.05) is 0 Å². The number of fused-ring (bicyclic) bond motifs is 1. The van der Waals surface area contributed by atoms with Gasteiger partial charge in [0.05, 0.1) is 17.8 Å². The molecule has 0 N–H and O–H groups in total. The first-order valence-corrected chi connectivity index (χ1v) is 8.63. The molecule has 3 rings (SSSR count). The number of rotatable bonds is 5. The Labute approximate surface area is 144 Å². The summed E-state index contributed by atoms with van der Waals surface area (Å²) in [6.07, 6.45) is 7.70. The van der Waals surface area contributed by atoms with E-state index in [-0.39, 0.29) is 11.5 Å². The highest BCUT2D eigenvalue weighted by Crippen LogP contribution is 2.33. The second-order valence-electron chi connectivity index (χ2n) is 6.48. The highest BCUT2D eigenvalue weighted by atomic mass is 19.2. The monoisotopic (exact) mass is 352 g/mol. The average Bonchev–Trinajstić information content (AvgIpc) is 2.60. The van der Waals surface area contributed by atoms with Crippen molar-refractivity contribution in [1.82, 2.24) is 0 Å². The van der Waals surface area contributed by atoms with Crippen LogP contribution in [0.2, 0.25) is 0 Å². The molecule has 0 saturated carbocycles. The Hall–Kier alpha value is -2.04. The molecule has 0 bridgehead atoms. The standard InChI is InChI=1S/C20H20F4O/c1-2-3-4-5-15-7-6-12(11-25-15)13-8-14-10-17(22)19(23)20(24)18(14)16(21)9-13/h8-11,15H,2-7H2,1H3. The summed E-state index contributed by atoms with van der Waals surface area (Å²) in [6.45, 7) is 2.14. The van der Waals surface area contributed by atoms with Gasteiger partial charge in [0.25, 0.3) is 0 Å². The molecule has 0 aliphatic carbocycles. The van der Waals surface area contributed by atoms with Gasteiger partial charge in [-0.3, -0.25) is 0 Å². The van der Waals surface area contributed by atoms with Crippen molar-refractivity contribution in [3.8, 4) is 0 Å². The molecule has 2 aromatic rings. The molecule has 1 aliphatic heterocycles. The lowest BCUT2D eigenvalue weighted by atomic mass is 9.94. The lowest BCUT2D eigenvalue weighted by molar-refractivity contribution is 0.116. The Bertz CT molecular complexity index is 813. The molecule has 1 atom stereocenters. The van der Waals surface area contributed by atoms with Crippen LogP contribution in [0, 0.1) is 23.3 Å². The number of halogens is 4. The Morgan fingerprint density at radius 1 is 1.00 bits per heavy atom. The summed E-state index contributed by atoms with van der Waals surface area (Å²) < 4.78 is 60.5. The van der Waals surface area contributed by atoms with E-state index < -0.39 is 28.7 Å². The fourth-order valence-electron chi connectivity index (χ4n) is 3.24. The van der Waals surface area contributed by atoms with E-state index in [1.807, 2.05) is 0 Å². The topological polar surface area (TPSA) is 9.23 Å². The third-order valence-electron chi connectivity index (χ3n) is 4.66. The van der Waals surface area contributed by atoms with Gasteiger partial charge in [-0.25, -0.2) is 17.6 Å². The molecule has 5 heteroatoms. The molecule has 1 heterocycles. The molecule has 0 spiro atoms. The van der Waals surface area contributed by atoms with Gasteiger partial charge < -0.3 is 4.74 Å². The third kappa shape index (κ3) is 3.65. The quantitative estimate of drug-likeness (QED) is 0.339. The summed E-state index contributed by atoms with van der Waals surface area (Å²) >= 11 is 0. The summed E-state index contributed by atoms with van der Waals surface area (Å²) in [6, 6.07) is 3.43. The highest BCUT2D eigenvalue weighted by molar-refractivity contribution is 5.87. The van der Waals surface area contributed by atoms with Crippen molar-refractivity contribution >= 4 is 16.3 Å². The van der Waals surface area contributed by atoms with E-state index in [4.69, 9.17) is 4.74 Å². The molecule has 1 nitrogen and oxygen atoms in total. The lowest BCUT2D eigenvalue weighted by Gasteiger charge is -2.23. The van der Waals surface area contributed by atoms with Crippen LogP contribution in [-0.2, 0) is 4.74 Å². The Morgan fingerprint density at radius 2 is 1.80 bits per heavy atom. The zero-order valence-electron chi connectivity index (χ0n) is 14.0. The van der Waals surface area contributed by atoms with E-state index in [0.717, 1.165) is 43.4 Å². The zero-order chi connectivity index (χ0) is 18.0. The maximum absolute atomic E-state index is 14.3. The summed E-state index contributed by atoms with van der Waals surface area (Å²) in [5.74, 6) is -5.39. The van der Waals surface area contributed by atoms with Gasteiger partial charge in [-0.1, -0.05) is 19.8 Å². The summed E-state index contributed by atoms with van der Waals surface area (Å²) in [7, 11) is 0. The lowest BCUT2D eigenvalue weighted by Crippen LogP contribution is -2.14. The van der Waals surface area contributed by atoms with Crippen molar-refractivity contribution in [3.05, 3.63) is 53.3 Å². The Morgan fingerprint density at radius 3 is 2.48 bits per heavy atom. The van der Waals surface area contributed by atoms with Crippen LogP contribution in [0.1, 0.15) is 51.0 Å². The SMILES string of the molecule is CCCCCC1CCC(c2cc(F)c3c(F)c(F)c(F)cc3c2)=CO1. The number of hydrogen-bond acceptors (Lipinski definition) is 1. The molecule has 0 aromatic heterocycles. The van der Waals surface area contributed by atoms with E-state index in [0.29, 0.717) is 12.0 Å². The zero-order valence-corrected chi connectivity index (χ0v) is 14.0. The van der Waals surface area contributed by atoms with Gasteiger partial charge in [0.15, 0.2) is 17.5 Å². The number of allylic oxidation sites excluding steroid dienone is 1. The normalized spacial score (nSPS) is 17.5. The third-order valence-corrected chi connectivity index (χ3v) is 4.66. The van der Waals surface area contributed by atoms with Gasteiger partial charge in [-0.2, -0.15) is 0 Å².